The van der Waals surface area contributed by atoms with E-state index in [0.29, 0.717) is 13.2 Å². The van der Waals surface area contributed by atoms with Crippen LogP contribution in [0.3, 0.4) is 0 Å². The number of rotatable bonds is 2. The molecule has 0 N–H and O–H groups in total. The van der Waals surface area contributed by atoms with E-state index in [9.17, 15) is 0 Å². The molecule has 0 fully saturated rings. The van der Waals surface area contributed by atoms with Gasteiger partial charge in [-0.25, -0.2) is 0 Å². The summed E-state index contributed by atoms with van der Waals surface area (Å²) in [5.74, 6) is 1.80. The first-order valence-corrected chi connectivity index (χ1v) is 7.06. The van der Waals surface area contributed by atoms with E-state index in [4.69, 9.17) is 9.47 Å². The zero-order valence-electron chi connectivity index (χ0n) is 11.3. The highest BCUT2D eigenvalue weighted by Gasteiger charge is 2.23. The molecule has 20 heavy (non-hydrogen) atoms. The topological polar surface area (TPSA) is 21.7 Å². The van der Waals surface area contributed by atoms with E-state index in [1.54, 1.807) is 0 Å². The molecule has 0 radical (unpaired) electrons. The number of benzene rings is 2. The second-order valence-electron chi connectivity index (χ2n) is 5.40. The van der Waals surface area contributed by atoms with E-state index in [-0.39, 0.29) is 0 Å². The first-order chi connectivity index (χ1) is 9.88. The Morgan fingerprint density at radius 1 is 0.850 bits per heavy atom. The van der Waals surface area contributed by atoms with Crippen molar-refractivity contribution in [3.05, 3.63) is 59.2 Å². The molecule has 0 bridgehead atoms. The van der Waals surface area contributed by atoms with E-state index in [1.807, 2.05) is 0 Å². The monoisotopic (exact) mass is 267 g/mol. The van der Waals surface area contributed by atoms with Crippen molar-refractivity contribution >= 4 is 0 Å². The van der Waals surface area contributed by atoms with Gasteiger partial charge in [-0.1, -0.05) is 30.3 Å². The van der Waals surface area contributed by atoms with E-state index in [2.05, 4.69) is 47.4 Å². The lowest BCUT2D eigenvalue weighted by Crippen LogP contribution is -2.15. The Morgan fingerprint density at radius 3 is 2.05 bits per heavy atom. The minimum Gasteiger partial charge on any atom is -0.486 e. The minimum absolute atomic E-state index is 0.652. The molecule has 3 nitrogen and oxygen atoms in total. The number of hydrogen-bond donors (Lipinski definition) is 0. The molecular formula is C17H17NO2. The summed E-state index contributed by atoms with van der Waals surface area (Å²) < 4.78 is 11.3. The van der Waals surface area contributed by atoms with Crippen molar-refractivity contribution in [3.63, 3.8) is 0 Å². The number of hydrogen-bond acceptors (Lipinski definition) is 3. The van der Waals surface area contributed by atoms with Crippen molar-refractivity contribution in [1.29, 1.82) is 0 Å². The van der Waals surface area contributed by atoms with Crippen molar-refractivity contribution in [2.75, 3.05) is 13.2 Å². The molecule has 0 atom stereocenters. The zero-order chi connectivity index (χ0) is 13.4. The molecular weight excluding hydrogens is 250 g/mol. The third kappa shape index (κ3) is 2.14. The van der Waals surface area contributed by atoms with Crippen molar-refractivity contribution in [3.8, 4) is 11.5 Å². The summed E-state index contributed by atoms with van der Waals surface area (Å²) in [4.78, 5) is 2.45. The Balaban J connectivity index is 1.55. The summed E-state index contributed by atoms with van der Waals surface area (Å²) in [7, 11) is 0. The van der Waals surface area contributed by atoms with Crippen LogP contribution < -0.4 is 9.47 Å². The van der Waals surface area contributed by atoms with Gasteiger partial charge in [0.1, 0.15) is 13.2 Å². The van der Waals surface area contributed by atoms with Crippen LogP contribution in [0.15, 0.2) is 42.5 Å². The number of fused-ring (bicyclic) bond motifs is 2. The maximum atomic E-state index is 5.66. The van der Waals surface area contributed by atoms with Crippen LogP contribution in [-0.4, -0.2) is 18.1 Å². The fourth-order valence-electron chi connectivity index (χ4n) is 2.96. The van der Waals surface area contributed by atoms with Gasteiger partial charge in [0, 0.05) is 19.6 Å². The second kappa shape index (κ2) is 4.84. The molecule has 4 rings (SSSR count). The van der Waals surface area contributed by atoms with Gasteiger partial charge in [0.2, 0.25) is 0 Å². The maximum absolute atomic E-state index is 5.66. The molecule has 2 aromatic carbocycles. The highest BCUT2D eigenvalue weighted by atomic mass is 16.6. The van der Waals surface area contributed by atoms with Gasteiger partial charge < -0.3 is 9.47 Å². The van der Waals surface area contributed by atoms with E-state index >= 15 is 0 Å². The van der Waals surface area contributed by atoms with Crippen molar-refractivity contribution < 1.29 is 9.47 Å². The van der Waals surface area contributed by atoms with Gasteiger partial charge in [0.25, 0.3) is 0 Å². The van der Waals surface area contributed by atoms with Gasteiger partial charge in [-0.2, -0.15) is 0 Å². The highest BCUT2D eigenvalue weighted by molar-refractivity contribution is 5.49. The number of nitrogens with zero attached hydrogens (tertiary/aromatic N) is 1. The van der Waals surface area contributed by atoms with Crippen LogP contribution in [0.4, 0.5) is 0 Å². The summed E-state index contributed by atoms with van der Waals surface area (Å²) in [5.41, 5.74) is 4.09. The molecule has 0 aliphatic carbocycles. The first-order valence-electron chi connectivity index (χ1n) is 7.06. The molecule has 0 unspecified atom stereocenters. The lowest BCUT2D eigenvalue weighted by molar-refractivity contribution is 0.171. The third-order valence-electron chi connectivity index (χ3n) is 3.90. The van der Waals surface area contributed by atoms with Crippen LogP contribution in [-0.2, 0) is 19.6 Å². The maximum Gasteiger partial charge on any atom is 0.161 e. The van der Waals surface area contributed by atoms with Gasteiger partial charge in [-0.3, -0.25) is 4.90 Å². The third-order valence-corrected chi connectivity index (χ3v) is 3.90. The van der Waals surface area contributed by atoms with Crippen LogP contribution in [0.1, 0.15) is 16.7 Å². The second-order valence-corrected chi connectivity index (χ2v) is 5.40. The van der Waals surface area contributed by atoms with Gasteiger partial charge >= 0.3 is 0 Å². The number of ether oxygens (including phenoxy) is 2. The summed E-state index contributed by atoms with van der Waals surface area (Å²) >= 11 is 0. The largest absolute Gasteiger partial charge is 0.486 e. The van der Waals surface area contributed by atoms with Crippen LogP contribution in [0, 0.1) is 0 Å². The Kier molecular flexibility index (Phi) is 2.85. The molecule has 102 valence electrons. The molecule has 2 aliphatic heterocycles. The van der Waals surface area contributed by atoms with Gasteiger partial charge in [-0.05, 0) is 28.8 Å². The molecule has 2 aromatic rings. The van der Waals surface area contributed by atoms with Crippen molar-refractivity contribution in [1.82, 2.24) is 4.90 Å². The molecule has 0 amide bonds. The van der Waals surface area contributed by atoms with Crippen molar-refractivity contribution in [2.24, 2.45) is 0 Å². The Morgan fingerprint density at radius 2 is 1.45 bits per heavy atom. The van der Waals surface area contributed by atoms with Gasteiger partial charge in [0.15, 0.2) is 11.5 Å². The summed E-state index contributed by atoms with van der Waals surface area (Å²) in [6.45, 7) is 4.27. The predicted molar refractivity (Wildman–Crippen MR) is 76.8 cm³/mol. The molecule has 0 aromatic heterocycles. The minimum atomic E-state index is 0.652. The Hall–Kier alpha value is -2.00. The lowest BCUT2D eigenvalue weighted by atomic mass is 10.1. The van der Waals surface area contributed by atoms with Crippen LogP contribution in [0.2, 0.25) is 0 Å². The van der Waals surface area contributed by atoms with Crippen LogP contribution in [0.5, 0.6) is 11.5 Å². The summed E-state index contributed by atoms with van der Waals surface area (Å²) in [6, 6.07) is 14.9. The van der Waals surface area contributed by atoms with E-state index < -0.39 is 0 Å². The molecule has 3 heteroatoms. The lowest BCUT2D eigenvalue weighted by Gasteiger charge is -2.19. The van der Waals surface area contributed by atoms with Crippen LogP contribution >= 0.6 is 0 Å². The zero-order valence-corrected chi connectivity index (χ0v) is 11.3. The molecule has 2 heterocycles. The molecule has 0 saturated carbocycles. The van der Waals surface area contributed by atoms with Gasteiger partial charge in [-0.15, -0.1) is 0 Å². The molecule has 2 aliphatic rings. The normalized spacial score (nSPS) is 17.0. The van der Waals surface area contributed by atoms with Gasteiger partial charge in [0.05, 0.1) is 0 Å². The van der Waals surface area contributed by atoms with E-state index in [0.717, 1.165) is 31.1 Å². The highest BCUT2D eigenvalue weighted by Crippen LogP contribution is 2.37. The molecule has 0 spiro atoms. The average Bonchev–Trinajstić information content (AvgIpc) is 2.86. The van der Waals surface area contributed by atoms with Crippen molar-refractivity contribution in [2.45, 2.75) is 19.6 Å². The smallest absolute Gasteiger partial charge is 0.161 e. The SMILES string of the molecule is c1ccc(CN2Cc3cc4c(cc3C2)OCCO4)cc1. The standard InChI is InChI=1S/C17H17NO2/c1-2-4-13(5-3-1)10-18-11-14-8-16-17(9-15(14)12-18)20-7-6-19-16/h1-5,8-9H,6-7,10-12H2. The van der Waals surface area contributed by atoms with Crippen LogP contribution in [0.25, 0.3) is 0 Å². The van der Waals surface area contributed by atoms with E-state index in [1.165, 1.54) is 16.7 Å². The Labute approximate surface area is 118 Å². The average molecular weight is 267 g/mol. The first kappa shape index (κ1) is 11.8. The fourth-order valence-corrected chi connectivity index (χ4v) is 2.96. The molecule has 0 saturated heterocycles. The summed E-state index contributed by atoms with van der Waals surface area (Å²) in [6.07, 6.45) is 0. The summed E-state index contributed by atoms with van der Waals surface area (Å²) in [5, 5.41) is 0. The quantitative estimate of drug-likeness (QED) is 0.835. The Bertz CT molecular complexity index is 589. The predicted octanol–water partition coefficient (Wildman–Crippen LogP) is 2.97. The fraction of sp³-hybridized carbons (Fsp3) is 0.294.